The molecule has 1 aliphatic rings. The van der Waals surface area contributed by atoms with Crippen molar-refractivity contribution >= 4 is 5.97 Å². The highest BCUT2D eigenvalue weighted by molar-refractivity contribution is 5.88. The summed E-state index contributed by atoms with van der Waals surface area (Å²) in [7, 11) is 0. The summed E-state index contributed by atoms with van der Waals surface area (Å²) in [6, 6.07) is 5.20. The highest BCUT2D eigenvalue weighted by atomic mass is 16.5. The Morgan fingerprint density at radius 1 is 1.60 bits per heavy atom. The van der Waals surface area contributed by atoms with E-state index in [2.05, 4.69) is 5.32 Å². The van der Waals surface area contributed by atoms with E-state index in [-0.39, 0.29) is 11.6 Å². The van der Waals surface area contributed by atoms with Gasteiger partial charge in [0.15, 0.2) is 0 Å². The van der Waals surface area contributed by atoms with Crippen molar-refractivity contribution in [2.75, 3.05) is 13.2 Å². The quantitative estimate of drug-likeness (QED) is 0.731. The third kappa shape index (κ3) is 1.94. The van der Waals surface area contributed by atoms with Crippen LogP contribution in [0, 0.1) is 0 Å². The van der Waals surface area contributed by atoms with Crippen molar-refractivity contribution in [3.63, 3.8) is 0 Å². The molecule has 0 amide bonds. The number of carbonyl (C=O) groups is 1. The van der Waals surface area contributed by atoms with Crippen molar-refractivity contribution in [1.82, 2.24) is 5.32 Å². The summed E-state index contributed by atoms with van der Waals surface area (Å²) in [6.45, 7) is 3.38. The molecule has 2 rings (SSSR count). The van der Waals surface area contributed by atoms with Crippen LogP contribution in [0.4, 0.5) is 0 Å². The van der Waals surface area contributed by atoms with Crippen LogP contribution >= 0.6 is 0 Å². The Balaban J connectivity index is 2.42. The predicted octanol–water partition coefficient (Wildman–Crippen LogP) is 1.43. The molecule has 0 unspecified atom stereocenters. The topological polar surface area (TPSA) is 58.6 Å². The molecular formula is C11H13NO3. The molecule has 0 bridgehead atoms. The molecule has 15 heavy (non-hydrogen) atoms. The molecule has 1 heterocycles. The van der Waals surface area contributed by atoms with E-state index in [1.807, 2.05) is 13.0 Å². The number of carboxylic acids is 1. The number of hydrogen-bond donors (Lipinski definition) is 2. The van der Waals surface area contributed by atoms with Gasteiger partial charge in [-0.15, -0.1) is 0 Å². The highest BCUT2D eigenvalue weighted by Crippen LogP contribution is 2.27. The molecule has 0 spiro atoms. The van der Waals surface area contributed by atoms with Crippen molar-refractivity contribution in [2.24, 2.45) is 0 Å². The smallest absolute Gasteiger partial charge is 0.335 e. The van der Waals surface area contributed by atoms with Crippen LogP contribution in [0.3, 0.4) is 0 Å². The van der Waals surface area contributed by atoms with Gasteiger partial charge >= 0.3 is 5.97 Å². The van der Waals surface area contributed by atoms with Crippen LogP contribution in [-0.2, 0) is 0 Å². The second-order valence-corrected chi connectivity index (χ2v) is 3.58. The molecule has 80 valence electrons. The standard InChI is InChI=1S/C11H13NO3/c1-7-9-3-2-8(11(13)14)6-10(9)15-5-4-12-7/h2-3,6-7,12H,4-5H2,1H3,(H,13,14)/t7-/m1/s1. The van der Waals surface area contributed by atoms with E-state index in [9.17, 15) is 4.79 Å². The first-order valence-electron chi connectivity index (χ1n) is 4.92. The van der Waals surface area contributed by atoms with Crippen LogP contribution < -0.4 is 10.1 Å². The van der Waals surface area contributed by atoms with Crippen molar-refractivity contribution < 1.29 is 14.6 Å². The minimum atomic E-state index is -0.925. The lowest BCUT2D eigenvalue weighted by Gasteiger charge is -2.12. The summed E-state index contributed by atoms with van der Waals surface area (Å²) in [5.41, 5.74) is 1.28. The number of hydrogen-bond acceptors (Lipinski definition) is 3. The van der Waals surface area contributed by atoms with Gasteiger partial charge in [0.25, 0.3) is 0 Å². The average Bonchev–Trinajstić information content (AvgIpc) is 2.40. The molecule has 4 nitrogen and oxygen atoms in total. The molecule has 2 N–H and O–H groups in total. The first kappa shape index (κ1) is 9.98. The van der Waals surface area contributed by atoms with E-state index in [1.54, 1.807) is 12.1 Å². The van der Waals surface area contributed by atoms with Crippen molar-refractivity contribution in [3.8, 4) is 5.75 Å². The zero-order valence-corrected chi connectivity index (χ0v) is 8.49. The first-order valence-corrected chi connectivity index (χ1v) is 4.92. The molecule has 0 aliphatic carbocycles. The van der Waals surface area contributed by atoms with Crippen LogP contribution in [0.15, 0.2) is 18.2 Å². The number of benzene rings is 1. The summed E-state index contributed by atoms with van der Waals surface area (Å²) < 4.78 is 5.48. The average molecular weight is 207 g/mol. The van der Waals surface area contributed by atoms with Gasteiger partial charge in [0, 0.05) is 18.2 Å². The maximum Gasteiger partial charge on any atom is 0.335 e. The second-order valence-electron chi connectivity index (χ2n) is 3.58. The highest BCUT2D eigenvalue weighted by Gasteiger charge is 2.16. The summed E-state index contributed by atoms with van der Waals surface area (Å²) in [6.07, 6.45) is 0. The number of nitrogens with one attached hydrogen (secondary N) is 1. The Hall–Kier alpha value is -1.55. The number of aromatic carboxylic acids is 1. The lowest BCUT2D eigenvalue weighted by atomic mass is 10.0. The lowest BCUT2D eigenvalue weighted by molar-refractivity contribution is 0.0696. The maximum absolute atomic E-state index is 10.8. The van der Waals surface area contributed by atoms with E-state index in [4.69, 9.17) is 9.84 Å². The summed E-state index contributed by atoms with van der Waals surface area (Å²) in [4.78, 5) is 10.8. The van der Waals surface area contributed by atoms with Crippen LogP contribution in [0.1, 0.15) is 28.9 Å². The van der Waals surface area contributed by atoms with Crippen LogP contribution in [0.5, 0.6) is 5.75 Å². The third-order valence-corrected chi connectivity index (χ3v) is 2.54. The maximum atomic E-state index is 10.8. The van der Waals surface area contributed by atoms with Crippen molar-refractivity contribution in [3.05, 3.63) is 29.3 Å². The van der Waals surface area contributed by atoms with E-state index in [0.29, 0.717) is 12.4 Å². The van der Waals surface area contributed by atoms with E-state index in [1.165, 1.54) is 0 Å². The molecular weight excluding hydrogens is 194 g/mol. The molecule has 0 aromatic heterocycles. The van der Waals surface area contributed by atoms with Crippen LogP contribution in [-0.4, -0.2) is 24.2 Å². The largest absolute Gasteiger partial charge is 0.492 e. The minimum absolute atomic E-state index is 0.199. The van der Waals surface area contributed by atoms with Gasteiger partial charge in [0.1, 0.15) is 12.4 Å². The van der Waals surface area contributed by atoms with Gasteiger partial charge in [0.2, 0.25) is 0 Å². The van der Waals surface area contributed by atoms with E-state index >= 15 is 0 Å². The van der Waals surface area contributed by atoms with E-state index in [0.717, 1.165) is 12.1 Å². The second kappa shape index (κ2) is 3.90. The monoisotopic (exact) mass is 207 g/mol. The fourth-order valence-electron chi connectivity index (χ4n) is 1.70. The number of carboxylic acid groups (broad SMARTS) is 1. The fraction of sp³-hybridized carbons (Fsp3) is 0.364. The Kier molecular flexibility index (Phi) is 2.60. The zero-order chi connectivity index (χ0) is 10.8. The van der Waals surface area contributed by atoms with Crippen LogP contribution in [0.25, 0.3) is 0 Å². The molecule has 1 aromatic rings. The van der Waals surface area contributed by atoms with Gasteiger partial charge in [-0.1, -0.05) is 6.07 Å². The SMILES string of the molecule is C[C@H]1NCCOc2cc(C(=O)O)ccc21. The zero-order valence-electron chi connectivity index (χ0n) is 8.49. The van der Waals surface area contributed by atoms with Crippen molar-refractivity contribution in [1.29, 1.82) is 0 Å². The molecule has 1 atom stereocenters. The molecule has 4 heteroatoms. The predicted molar refractivity (Wildman–Crippen MR) is 55.3 cm³/mol. The summed E-state index contributed by atoms with van der Waals surface area (Å²) in [5, 5.41) is 12.1. The van der Waals surface area contributed by atoms with Gasteiger partial charge in [-0.3, -0.25) is 0 Å². The number of ether oxygens (including phenoxy) is 1. The van der Waals surface area contributed by atoms with E-state index < -0.39 is 5.97 Å². The molecule has 1 aromatic carbocycles. The molecule has 0 saturated carbocycles. The molecule has 1 aliphatic heterocycles. The first-order chi connectivity index (χ1) is 7.18. The van der Waals surface area contributed by atoms with Gasteiger partial charge in [-0.2, -0.15) is 0 Å². The van der Waals surface area contributed by atoms with Gasteiger partial charge in [-0.25, -0.2) is 4.79 Å². The Labute approximate surface area is 87.9 Å². The molecule has 0 radical (unpaired) electrons. The Morgan fingerprint density at radius 2 is 2.40 bits per heavy atom. The van der Waals surface area contributed by atoms with Gasteiger partial charge in [0.05, 0.1) is 5.56 Å². The molecule has 0 fully saturated rings. The number of rotatable bonds is 1. The van der Waals surface area contributed by atoms with Crippen molar-refractivity contribution in [2.45, 2.75) is 13.0 Å². The van der Waals surface area contributed by atoms with Gasteiger partial charge < -0.3 is 15.2 Å². The lowest BCUT2D eigenvalue weighted by Crippen LogP contribution is -2.20. The normalized spacial score (nSPS) is 19.9. The fourth-order valence-corrected chi connectivity index (χ4v) is 1.70. The van der Waals surface area contributed by atoms with Crippen LogP contribution in [0.2, 0.25) is 0 Å². The summed E-state index contributed by atoms with van der Waals surface area (Å²) >= 11 is 0. The third-order valence-electron chi connectivity index (χ3n) is 2.54. The Bertz CT molecular complexity index is 389. The number of fused-ring (bicyclic) bond motifs is 1. The van der Waals surface area contributed by atoms with Gasteiger partial charge in [-0.05, 0) is 19.1 Å². The minimum Gasteiger partial charge on any atom is -0.492 e. The Morgan fingerprint density at radius 3 is 3.13 bits per heavy atom. The summed E-state index contributed by atoms with van der Waals surface area (Å²) in [5.74, 6) is -0.251. The molecule has 0 saturated heterocycles.